The van der Waals surface area contributed by atoms with Gasteiger partial charge in [-0.3, -0.25) is 0 Å². The summed E-state index contributed by atoms with van der Waals surface area (Å²) in [5.41, 5.74) is 12.8. The summed E-state index contributed by atoms with van der Waals surface area (Å²) in [6.45, 7) is 0. The Kier molecular flexibility index (Phi) is 6.34. The van der Waals surface area contributed by atoms with Crippen LogP contribution in [0.4, 0.5) is 28.4 Å². The quantitative estimate of drug-likeness (QED) is 0.183. The number of furan rings is 2. The van der Waals surface area contributed by atoms with Crippen molar-refractivity contribution in [2.75, 3.05) is 9.80 Å². The van der Waals surface area contributed by atoms with Crippen LogP contribution < -0.4 is 9.80 Å². The second-order valence-corrected chi connectivity index (χ2v) is 13.7. The third kappa shape index (κ3) is 4.41. The number of para-hydroxylation sites is 4. The van der Waals surface area contributed by atoms with Gasteiger partial charge >= 0.3 is 0 Å². The second kappa shape index (κ2) is 11.4. The molecule has 2 aliphatic rings. The first-order valence-corrected chi connectivity index (χ1v) is 17.8. The lowest BCUT2D eigenvalue weighted by molar-refractivity contribution is 0.669. The number of hydrogen-bond donors (Lipinski definition) is 0. The zero-order chi connectivity index (χ0) is 34.2. The summed E-state index contributed by atoms with van der Waals surface area (Å²) < 4.78 is 12.7. The third-order valence-corrected chi connectivity index (χ3v) is 10.8. The molecule has 2 atom stereocenters. The lowest BCUT2D eigenvalue weighted by Crippen LogP contribution is -2.28. The Morgan fingerprint density at radius 3 is 1.67 bits per heavy atom. The van der Waals surface area contributed by atoms with Gasteiger partial charge in [0.25, 0.3) is 0 Å². The molecule has 4 nitrogen and oxygen atoms in total. The Balaban J connectivity index is 1.04. The molecule has 0 spiro atoms. The molecule has 0 fully saturated rings. The van der Waals surface area contributed by atoms with Crippen LogP contribution in [0.1, 0.15) is 11.5 Å². The Hall–Kier alpha value is -6.78. The van der Waals surface area contributed by atoms with Gasteiger partial charge in [-0.2, -0.15) is 0 Å². The highest BCUT2D eigenvalue weighted by atomic mass is 16.3. The van der Waals surface area contributed by atoms with E-state index in [0.717, 1.165) is 66.5 Å². The average Bonchev–Trinajstić information content (AvgIpc) is 3.87. The summed E-state index contributed by atoms with van der Waals surface area (Å²) in [6, 6.07) is 56.2. The summed E-state index contributed by atoms with van der Waals surface area (Å²) in [6.07, 6.45) is 9.02. The number of hydrogen-bond acceptors (Lipinski definition) is 4. The van der Waals surface area contributed by atoms with Gasteiger partial charge in [0.05, 0.1) is 6.04 Å². The van der Waals surface area contributed by atoms with Crippen LogP contribution in [0.2, 0.25) is 0 Å². The number of benzene rings is 7. The molecule has 0 saturated carbocycles. The predicted octanol–water partition coefficient (Wildman–Crippen LogP) is 13.4. The van der Waals surface area contributed by atoms with E-state index >= 15 is 0 Å². The van der Waals surface area contributed by atoms with Crippen LogP contribution in [0.3, 0.4) is 0 Å². The van der Waals surface area contributed by atoms with E-state index in [1.54, 1.807) is 0 Å². The van der Waals surface area contributed by atoms with Crippen molar-refractivity contribution in [2.45, 2.75) is 12.0 Å². The largest absolute Gasteiger partial charge is 0.456 e. The molecule has 7 aromatic carbocycles. The summed E-state index contributed by atoms with van der Waals surface area (Å²) in [4.78, 5) is 4.80. The van der Waals surface area contributed by atoms with Crippen molar-refractivity contribution >= 4 is 72.3 Å². The van der Waals surface area contributed by atoms with Crippen molar-refractivity contribution in [2.24, 2.45) is 0 Å². The number of nitrogens with zero attached hydrogens (tertiary/aromatic N) is 2. The van der Waals surface area contributed by atoms with Gasteiger partial charge in [0.15, 0.2) is 0 Å². The van der Waals surface area contributed by atoms with Crippen LogP contribution in [-0.4, -0.2) is 6.04 Å². The van der Waals surface area contributed by atoms with Crippen molar-refractivity contribution in [3.8, 4) is 11.1 Å². The second-order valence-electron chi connectivity index (χ2n) is 13.7. The molecule has 4 heteroatoms. The maximum atomic E-state index is 6.37. The standard InChI is InChI=1S/C48H32N2O2/c1-6-16-42(50-43-17-7-2-12-36(43)37-13-3-8-18-44(37)50)35(11-1)31-21-23-32(24-22-31)49(33-25-27-40-38-14-4-9-19-45(38)51-47(40)29-33)34-26-28-41-39-15-5-10-20-46(39)52-48(41)30-34/h1-30,36,43H. The van der Waals surface area contributed by atoms with Crippen LogP contribution in [0.5, 0.6) is 0 Å². The van der Waals surface area contributed by atoms with Crippen molar-refractivity contribution in [3.63, 3.8) is 0 Å². The molecule has 0 N–H and O–H groups in total. The molecule has 0 saturated heterocycles. The normalized spacial score (nSPS) is 16.3. The van der Waals surface area contributed by atoms with E-state index in [0.29, 0.717) is 5.92 Å². The summed E-state index contributed by atoms with van der Waals surface area (Å²) in [7, 11) is 0. The van der Waals surface area contributed by atoms with E-state index in [4.69, 9.17) is 8.83 Å². The van der Waals surface area contributed by atoms with Crippen molar-refractivity contribution in [3.05, 3.63) is 188 Å². The highest BCUT2D eigenvalue weighted by Gasteiger charge is 2.37. The summed E-state index contributed by atoms with van der Waals surface area (Å²) in [5, 5.41) is 4.45. The fraction of sp³-hybridized carbons (Fsp3) is 0.0417. The molecule has 1 aliphatic carbocycles. The number of rotatable bonds is 5. The van der Waals surface area contributed by atoms with Crippen molar-refractivity contribution in [1.82, 2.24) is 0 Å². The molecule has 0 radical (unpaired) electrons. The predicted molar refractivity (Wildman–Crippen MR) is 215 cm³/mol. The van der Waals surface area contributed by atoms with Crippen molar-refractivity contribution < 1.29 is 8.83 Å². The Bertz CT molecular complexity index is 2780. The maximum absolute atomic E-state index is 6.37. The fourth-order valence-corrected chi connectivity index (χ4v) is 8.44. The molecule has 3 heterocycles. The lowest BCUT2D eigenvalue weighted by Gasteiger charge is -2.30. The van der Waals surface area contributed by atoms with Gasteiger partial charge < -0.3 is 18.6 Å². The number of anilines is 5. The molecular formula is C48H32N2O2. The first-order valence-electron chi connectivity index (χ1n) is 17.8. The Morgan fingerprint density at radius 1 is 0.442 bits per heavy atom. The zero-order valence-corrected chi connectivity index (χ0v) is 28.2. The molecule has 0 bridgehead atoms. The van der Waals surface area contributed by atoms with Gasteiger partial charge in [0.2, 0.25) is 0 Å². The molecule has 2 aromatic heterocycles. The molecule has 1 aliphatic heterocycles. The minimum Gasteiger partial charge on any atom is -0.456 e. The summed E-state index contributed by atoms with van der Waals surface area (Å²) in [5.74, 6) is 0.332. The molecule has 52 heavy (non-hydrogen) atoms. The molecule has 246 valence electrons. The van der Waals surface area contributed by atoms with Gasteiger partial charge in [-0.15, -0.1) is 0 Å². The maximum Gasteiger partial charge on any atom is 0.137 e. The zero-order valence-electron chi connectivity index (χ0n) is 28.2. The minimum atomic E-state index is 0.236. The van der Waals surface area contributed by atoms with Crippen molar-refractivity contribution in [1.29, 1.82) is 0 Å². The van der Waals surface area contributed by atoms with E-state index < -0.39 is 0 Å². The molecule has 2 unspecified atom stereocenters. The molecule has 9 aromatic rings. The highest BCUT2D eigenvalue weighted by Crippen LogP contribution is 2.50. The van der Waals surface area contributed by atoms with E-state index in [1.165, 1.54) is 22.5 Å². The van der Waals surface area contributed by atoms with Crippen LogP contribution >= 0.6 is 0 Å². The average molecular weight is 669 g/mol. The van der Waals surface area contributed by atoms with Crippen LogP contribution in [-0.2, 0) is 0 Å². The van der Waals surface area contributed by atoms with Gasteiger partial charge in [0, 0.05) is 73.6 Å². The number of allylic oxidation sites excluding steroid dienone is 2. The van der Waals surface area contributed by atoms with Crippen LogP contribution in [0.15, 0.2) is 191 Å². The van der Waals surface area contributed by atoms with Crippen LogP contribution in [0.25, 0.3) is 55.0 Å². The first-order chi connectivity index (χ1) is 25.8. The molecule has 0 amide bonds. The number of fused-ring (bicyclic) bond motifs is 9. The minimum absolute atomic E-state index is 0.236. The lowest BCUT2D eigenvalue weighted by atomic mass is 9.91. The Labute approximate surface area is 300 Å². The first kappa shape index (κ1) is 29.0. The van der Waals surface area contributed by atoms with Gasteiger partial charge in [0.1, 0.15) is 22.3 Å². The SMILES string of the molecule is C1=CC2c3ccccc3N(c3ccccc3-c3ccc(N(c4ccc5c(c4)oc4ccccc45)c4ccc5c(c4)oc4ccccc45)cc3)C2C=C1. The topological polar surface area (TPSA) is 32.8 Å². The van der Waals surface area contributed by atoms with Gasteiger partial charge in [-0.1, -0.05) is 109 Å². The highest BCUT2D eigenvalue weighted by molar-refractivity contribution is 6.08. The van der Waals surface area contributed by atoms with E-state index in [1.807, 2.05) is 24.3 Å². The molecule has 11 rings (SSSR count). The smallest absolute Gasteiger partial charge is 0.137 e. The summed E-state index contributed by atoms with van der Waals surface area (Å²) >= 11 is 0. The third-order valence-electron chi connectivity index (χ3n) is 10.8. The van der Waals surface area contributed by atoms with Gasteiger partial charge in [-0.25, -0.2) is 0 Å². The van der Waals surface area contributed by atoms with E-state index in [-0.39, 0.29) is 6.04 Å². The van der Waals surface area contributed by atoms with E-state index in [9.17, 15) is 0 Å². The monoisotopic (exact) mass is 668 g/mol. The Morgan fingerprint density at radius 2 is 0.981 bits per heavy atom. The van der Waals surface area contributed by atoms with Crippen LogP contribution in [0, 0.1) is 0 Å². The van der Waals surface area contributed by atoms with E-state index in [2.05, 4.69) is 168 Å². The molecular weight excluding hydrogens is 637 g/mol. The van der Waals surface area contributed by atoms with Gasteiger partial charge in [-0.05, 0) is 71.8 Å². The fourth-order valence-electron chi connectivity index (χ4n) is 8.44.